The first-order valence-corrected chi connectivity index (χ1v) is 11.5. The van der Waals surface area contributed by atoms with Gasteiger partial charge in [-0.25, -0.2) is 9.97 Å². The normalized spacial score (nSPS) is 11.4. The third-order valence-electron chi connectivity index (χ3n) is 5.86. The van der Waals surface area contributed by atoms with Crippen molar-refractivity contribution in [3.63, 3.8) is 0 Å². The molecule has 0 atom stereocenters. The second-order valence-corrected chi connectivity index (χ2v) is 8.49. The quantitative estimate of drug-likeness (QED) is 0.202. The number of pyridine rings is 2. The average molecular weight is 536 g/mol. The van der Waals surface area contributed by atoms with Crippen LogP contribution in [0.2, 0.25) is 0 Å². The highest BCUT2D eigenvalue weighted by atomic mass is 19.4. The third-order valence-corrected chi connectivity index (χ3v) is 5.86. The fourth-order valence-electron chi connectivity index (χ4n) is 3.92. The summed E-state index contributed by atoms with van der Waals surface area (Å²) < 4.78 is 61.8. The zero-order valence-electron chi connectivity index (χ0n) is 20.5. The van der Waals surface area contributed by atoms with Gasteiger partial charge in [-0.15, -0.1) is 0 Å². The number of ether oxygens (including phenoxy) is 1. The van der Waals surface area contributed by atoms with Crippen LogP contribution in [0.3, 0.4) is 0 Å². The third kappa shape index (κ3) is 5.49. The number of nitrogens with zero attached hydrogens (tertiary/aromatic N) is 4. The van der Waals surface area contributed by atoms with Crippen LogP contribution < -0.4 is 15.4 Å². The molecule has 0 aliphatic heterocycles. The van der Waals surface area contributed by atoms with E-state index in [4.69, 9.17) is 4.74 Å². The van der Waals surface area contributed by atoms with Gasteiger partial charge in [-0.05, 0) is 54.1 Å². The molecule has 0 radical (unpaired) electrons. The molecule has 1 amide bonds. The van der Waals surface area contributed by atoms with E-state index in [1.807, 2.05) is 0 Å². The van der Waals surface area contributed by atoms with Gasteiger partial charge >= 0.3 is 6.18 Å². The maximum absolute atomic E-state index is 13.7. The summed E-state index contributed by atoms with van der Waals surface area (Å²) in [5.74, 6) is 0.0265. The Morgan fingerprint density at radius 1 is 0.949 bits per heavy atom. The van der Waals surface area contributed by atoms with Gasteiger partial charge in [0.25, 0.3) is 5.91 Å². The second kappa shape index (κ2) is 10.0. The van der Waals surface area contributed by atoms with E-state index in [-0.39, 0.29) is 28.8 Å². The van der Waals surface area contributed by atoms with Crippen LogP contribution in [0, 0.1) is 5.95 Å². The largest absolute Gasteiger partial charge is 0.457 e. The predicted molar refractivity (Wildman–Crippen MR) is 136 cm³/mol. The maximum atomic E-state index is 13.7. The van der Waals surface area contributed by atoms with Crippen molar-refractivity contribution in [2.75, 3.05) is 12.4 Å². The van der Waals surface area contributed by atoms with E-state index in [0.717, 1.165) is 18.2 Å². The van der Waals surface area contributed by atoms with Crippen molar-refractivity contribution >= 4 is 28.6 Å². The summed E-state index contributed by atoms with van der Waals surface area (Å²) in [6, 6.07) is 14.1. The zero-order valence-corrected chi connectivity index (χ0v) is 20.5. The van der Waals surface area contributed by atoms with Gasteiger partial charge in [-0.3, -0.25) is 9.78 Å². The molecule has 39 heavy (non-hydrogen) atoms. The maximum Gasteiger partial charge on any atom is 0.416 e. The van der Waals surface area contributed by atoms with Gasteiger partial charge in [0.15, 0.2) is 0 Å². The van der Waals surface area contributed by atoms with E-state index in [2.05, 4.69) is 25.6 Å². The summed E-state index contributed by atoms with van der Waals surface area (Å²) in [7, 11) is 3.22. The minimum absolute atomic E-state index is 0.137. The minimum atomic E-state index is -4.61. The zero-order chi connectivity index (χ0) is 27.7. The Hall–Kier alpha value is -5.00. The molecule has 5 aromatic rings. The monoisotopic (exact) mass is 536 g/mol. The van der Waals surface area contributed by atoms with Crippen molar-refractivity contribution in [1.82, 2.24) is 24.8 Å². The molecule has 0 fully saturated rings. The standard InChI is InChI=1S/C27H20F4N6O2/c1-32-25(38)22-13-20(7-8-33-22)39-19-4-5-23-21(12-19)36-26(37(23)2)35-18-10-16(9-17(11-18)27(29,30)31)15-3-6-24(28)34-14-15/h3-14H,1-2H3,(H,32,38)(H,35,36). The Morgan fingerprint density at radius 2 is 1.74 bits per heavy atom. The molecule has 198 valence electrons. The molecule has 3 aromatic heterocycles. The number of aromatic nitrogens is 4. The van der Waals surface area contributed by atoms with Crippen molar-refractivity contribution in [2.45, 2.75) is 6.18 Å². The Morgan fingerprint density at radius 3 is 2.46 bits per heavy atom. The molecule has 5 rings (SSSR count). The first-order chi connectivity index (χ1) is 18.6. The summed E-state index contributed by atoms with van der Waals surface area (Å²) in [5.41, 5.74) is 1.20. The van der Waals surface area contributed by atoms with Crippen molar-refractivity contribution < 1.29 is 27.1 Å². The van der Waals surface area contributed by atoms with E-state index in [1.165, 1.54) is 37.6 Å². The first kappa shape index (κ1) is 25.6. The fourth-order valence-corrected chi connectivity index (χ4v) is 3.92. The van der Waals surface area contributed by atoms with Crippen molar-refractivity contribution in [3.05, 3.63) is 90.3 Å². The summed E-state index contributed by atoms with van der Waals surface area (Å²) in [4.78, 5) is 23.9. The predicted octanol–water partition coefficient (Wildman–Crippen LogP) is 6.08. The van der Waals surface area contributed by atoms with E-state index in [9.17, 15) is 22.4 Å². The Bertz CT molecular complexity index is 1680. The van der Waals surface area contributed by atoms with Gasteiger partial charge in [0, 0.05) is 49.9 Å². The van der Waals surface area contributed by atoms with Gasteiger partial charge in [0.1, 0.15) is 17.2 Å². The molecular formula is C27H20F4N6O2. The molecule has 0 aliphatic rings. The molecule has 2 aromatic carbocycles. The van der Waals surface area contributed by atoms with Crippen molar-refractivity contribution in [1.29, 1.82) is 0 Å². The molecule has 0 spiro atoms. The average Bonchev–Trinajstić information content (AvgIpc) is 3.22. The Kier molecular flexibility index (Phi) is 6.60. The summed E-state index contributed by atoms with van der Waals surface area (Å²) in [5, 5.41) is 5.45. The van der Waals surface area contributed by atoms with E-state index in [0.29, 0.717) is 28.1 Å². The van der Waals surface area contributed by atoms with E-state index in [1.54, 1.807) is 35.9 Å². The number of benzene rings is 2. The number of imidazole rings is 1. The molecule has 8 nitrogen and oxygen atoms in total. The lowest BCUT2D eigenvalue weighted by Gasteiger charge is -2.14. The molecule has 12 heteroatoms. The summed E-state index contributed by atoms with van der Waals surface area (Å²) in [6.07, 6.45) is -1.98. The van der Waals surface area contributed by atoms with Crippen LogP contribution in [-0.2, 0) is 13.2 Å². The minimum Gasteiger partial charge on any atom is -0.457 e. The van der Waals surface area contributed by atoms with Crippen molar-refractivity contribution in [2.24, 2.45) is 7.05 Å². The second-order valence-electron chi connectivity index (χ2n) is 8.49. The van der Waals surface area contributed by atoms with Crippen LogP contribution in [-0.4, -0.2) is 32.5 Å². The fraction of sp³-hybridized carbons (Fsp3) is 0.111. The molecule has 0 aliphatic carbocycles. The first-order valence-electron chi connectivity index (χ1n) is 11.5. The SMILES string of the molecule is CNC(=O)c1cc(Oc2ccc3c(c2)nc(Nc2cc(-c4ccc(F)nc4)cc(C(F)(F)F)c2)n3C)ccn1. The highest BCUT2D eigenvalue weighted by Crippen LogP contribution is 2.36. The number of alkyl halides is 3. The number of anilines is 2. The molecule has 2 N–H and O–H groups in total. The lowest BCUT2D eigenvalue weighted by atomic mass is 10.0. The van der Waals surface area contributed by atoms with Crippen LogP contribution in [0.4, 0.5) is 29.2 Å². The molecule has 0 saturated carbocycles. The van der Waals surface area contributed by atoms with Gasteiger partial charge in [-0.1, -0.05) is 0 Å². The number of hydrogen-bond acceptors (Lipinski definition) is 6. The number of hydrogen-bond donors (Lipinski definition) is 2. The highest BCUT2D eigenvalue weighted by molar-refractivity contribution is 5.92. The number of halogens is 4. The number of fused-ring (bicyclic) bond motifs is 1. The number of carbonyl (C=O) groups excluding carboxylic acids is 1. The number of carbonyl (C=O) groups is 1. The number of aryl methyl sites for hydroxylation is 1. The molecule has 0 unspecified atom stereocenters. The van der Waals surface area contributed by atoms with E-state index < -0.39 is 17.7 Å². The van der Waals surface area contributed by atoms with Gasteiger partial charge in [0.05, 0.1) is 16.6 Å². The molecule has 3 heterocycles. The van der Waals surface area contributed by atoms with Gasteiger partial charge in [0.2, 0.25) is 11.9 Å². The number of rotatable bonds is 6. The molecule has 0 bridgehead atoms. The van der Waals surface area contributed by atoms with Gasteiger partial charge in [-0.2, -0.15) is 17.6 Å². The van der Waals surface area contributed by atoms with Crippen LogP contribution in [0.15, 0.2) is 73.1 Å². The van der Waals surface area contributed by atoms with E-state index >= 15 is 0 Å². The summed E-state index contributed by atoms with van der Waals surface area (Å²) in [6.45, 7) is 0. The smallest absolute Gasteiger partial charge is 0.416 e. The summed E-state index contributed by atoms with van der Waals surface area (Å²) >= 11 is 0. The Balaban J connectivity index is 1.46. The topological polar surface area (TPSA) is 94.0 Å². The highest BCUT2D eigenvalue weighted by Gasteiger charge is 2.31. The lowest BCUT2D eigenvalue weighted by Crippen LogP contribution is -2.18. The van der Waals surface area contributed by atoms with Crippen LogP contribution >= 0.6 is 0 Å². The van der Waals surface area contributed by atoms with Crippen LogP contribution in [0.5, 0.6) is 11.5 Å². The van der Waals surface area contributed by atoms with Crippen LogP contribution in [0.1, 0.15) is 16.1 Å². The lowest BCUT2D eigenvalue weighted by molar-refractivity contribution is -0.137. The van der Waals surface area contributed by atoms with Gasteiger partial charge < -0.3 is 19.9 Å². The molecular weight excluding hydrogens is 516 g/mol. The number of nitrogens with one attached hydrogen (secondary N) is 2. The van der Waals surface area contributed by atoms with Crippen molar-refractivity contribution in [3.8, 4) is 22.6 Å². The molecule has 0 saturated heterocycles. The Labute approximate surface area is 219 Å². The number of amides is 1. The van der Waals surface area contributed by atoms with Crippen LogP contribution in [0.25, 0.3) is 22.2 Å².